The number of guanidine groups is 1. The lowest BCUT2D eigenvalue weighted by Gasteiger charge is -2.35. The molecule has 1 unspecified atom stereocenters. The van der Waals surface area contributed by atoms with Crippen molar-refractivity contribution in [1.82, 2.24) is 4.90 Å². The molecule has 8 nitrogen and oxygen atoms in total. The Morgan fingerprint density at radius 1 is 1.00 bits per heavy atom. The van der Waals surface area contributed by atoms with E-state index in [1.54, 1.807) is 23.8 Å². The Morgan fingerprint density at radius 2 is 1.65 bits per heavy atom. The van der Waals surface area contributed by atoms with Crippen LogP contribution in [-0.2, 0) is 19.1 Å². The van der Waals surface area contributed by atoms with Crippen LogP contribution >= 0.6 is 0 Å². The fourth-order valence-electron chi connectivity index (χ4n) is 3.66. The van der Waals surface area contributed by atoms with Gasteiger partial charge in [-0.2, -0.15) is 5.01 Å². The molecule has 0 fully saturated rings. The van der Waals surface area contributed by atoms with E-state index in [1.165, 1.54) is 7.11 Å². The molecule has 0 N–H and O–H groups in total. The SMILES string of the molecule is CCOC(=O)C1=NN(c2ccccc2)C2=NC(C)=C(C(=O)OC)C(c3ccccc3)N12. The summed E-state index contributed by atoms with van der Waals surface area (Å²) in [5.74, 6) is -0.658. The van der Waals surface area contributed by atoms with Crippen molar-refractivity contribution in [3.63, 3.8) is 0 Å². The standard InChI is InChI=1S/C23H22N4O4/c1-4-31-22(29)20-25-27(17-13-9-6-10-14-17)23-24-15(2)18(21(28)30-3)19(26(20)23)16-11-7-5-8-12-16/h5-14,19H,4H2,1-3H3. The predicted molar refractivity (Wildman–Crippen MR) is 116 cm³/mol. The number of nitrogens with zero attached hydrogens (tertiary/aromatic N) is 4. The first-order valence-electron chi connectivity index (χ1n) is 9.89. The van der Waals surface area contributed by atoms with E-state index < -0.39 is 18.0 Å². The summed E-state index contributed by atoms with van der Waals surface area (Å²) in [4.78, 5) is 31.9. The molecule has 0 bridgehead atoms. The maximum atomic E-state index is 12.9. The van der Waals surface area contributed by atoms with Crippen LogP contribution in [0.2, 0.25) is 0 Å². The van der Waals surface area contributed by atoms with Gasteiger partial charge in [0.25, 0.3) is 0 Å². The molecule has 0 amide bonds. The zero-order valence-corrected chi connectivity index (χ0v) is 17.5. The second kappa shape index (κ2) is 8.43. The van der Waals surface area contributed by atoms with E-state index >= 15 is 0 Å². The molecule has 2 aliphatic rings. The monoisotopic (exact) mass is 418 g/mol. The van der Waals surface area contributed by atoms with Gasteiger partial charge in [-0.3, -0.25) is 4.90 Å². The summed E-state index contributed by atoms with van der Waals surface area (Å²) in [5, 5.41) is 6.13. The Balaban J connectivity index is 1.93. The predicted octanol–water partition coefficient (Wildman–Crippen LogP) is 3.24. The van der Waals surface area contributed by atoms with E-state index in [9.17, 15) is 9.59 Å². The highest BCUT2D eigenvalue weighted by atomic mass is 16.5. The molecule has 31 heavy (non-hydrogen) atoms. The topological polar surface area (TPSA) is 83.8 Å². The largest absolute Gasteiger partial charge is 0.466 e. The summed E-state index contributed by atoms with van der Waals surface area (Å²) in [6.45, 7) is 3.67. The van der Waals surface area contributed by atoms with Crippen LogP contribution in [0.4, 0.5) is 5.69 Å². The minimum absolute atomic E-state index is 0.0483. The maximum Gasteiger partial charge on any atom is 0.376 e. The highest BCUT2D eigenvalue weighted by Gasteiger charge is 2.47. The number of hydrogen-bond donors (Lipinski definition) is 0. The molecular formula is C23H22N4O4. The fourth-order valence-corrected chi connectivity index (χ4v) is 3.66. The third-order valence-corrected chi connectivity index (χ3v) is 5.00. The lowest BCUT2D eigenvalue weighted by molar-refractivity contribution is -0.138. The summed E-state index contributed by atoms with van der Waals surface area (Å²) in [5.41, 5.74) is 2.35. The molecule has 0 aliphatic carbocycles. The number of anilines is 1. The second-order valence-corrected chi connectivity index (χ2v) is 6.88. The van der Waals surface area contributed by atoms with Crippen molar-refractivity contribution in [1.29, 1.82) is 0 Å². The lowest BCUT2D eigenvalue weighted by atomic mass is 9.94. The average molecular weight is 418 g/mol. The summed E-state index contributed by atoms with van der Waals surface area (Å²) in [7, 11) is 1.32. The van der Waals surface area contributed by atoms with Crippen LogP contribution in [0.3, 0.4) is 0 Å². The minimum atomic E-state index is -0.655. The first kappa shape index (κ1) is 20.3. The molecule has 0 radical (unpaired) electrons. The van der Waals surface area contributed by atoms with Crippen molar-refractivity contribution in [3.05, 3.63) is 77.5 Å². The Bertz CT molecular complexity index is 1090. The molecule has 2 aromatic carbocycles. The van der Waals surface area contributed by atoms with E-state index in [0.717, 1.165) is 11.3 Å². The van der Waals surface area contributed by atoms with Crippen LogP contribution in [0, 0.1) is 0 Å². The van der Waals surface area contributed by atoms with E-state index in [2.05, 4.69) is 10.1 Å². The van der Waals surface area contributed by atoms with Crippen molar-refractivity contribution in [2.45, 2.75) is 19.9 Å². The zero-order chi connectivity index (χ0) is 22.0. The quantitative estimate of drug-likeness (QED) is 0.693. The number of para-hydroxylation sites is 1. The molecule has 2 heterocycles. The van der Waals surface area contributed by atoms with Crippen LogP contribution in [-0.4, -0.2) is 42.4 Å². The van der Waals surface area contributed by atoms with Crippen LogP contribution in [0.15, 0.2) is 82.0 Å². The molecule has 158 valence electrons. The van der Waals surface area contributed by atoms with Crippen LogP contribution in [0.25, 0.3) is 0 Å². The average Bonchev–Trinajstić information content (AvgIpc) is 3.18. The van der Waals surface area contributed by atoms with Gasteiger partial charge < -0.3 is 9.47 Å². The third-order valence-electron chi connectivity index (χ3n) is 5.00. The highest BCUT2D eigenvalue weighted by molar-refractivity contribution is 6.41. The minimum Gasteiger partial charge on any atom is -0.466 e. The van der Waals surface area contributed by atoms with Gasteiger partial charge in [0.2, 0.25) is 11.8 Å². The van der Waals surface area contributed by atoms with Gasteiger partial charge in [0, 0.05) is 0 Å². The number of hydrazone groups is 1. The first-order chi connectivity index (χ1) is 15.1. The van der Waals surface area contributed by atoms with Gasteiger partial charge in [0.15, 0.2) is 0 Å². The number of ether oxygens (including phenoxy) is 2. The lowest BCUT2D eigenvalue weighted by Crippen LogP contribution is -2.47. The number of amidine groups is 1. The molecule has 0 spiro atoms. The maximum absolute atomic E-state index is 12.9. The molecule has 8 heteroatoms. The van der Waals surface area contributed by atoms with Crippen molar-refractivity contribution in [2.75, 3.05) is 18.7 Å². The molecule has 2 aromatic rings. The van der Waals surface area contributed by atoms with Crippen LogP contribution in [0.5, 0.6) is 0 Å². The summed E-state index contributed by atoms with van der Waals surface area (Å²) in [6.07, 6.45) is 0. The fraction of sp³-hybridized carbons (Fsp3) is 0.217. The number of carbonyl (C=O) groups is 2. The summed E-state index contributed by atoms with van der Waals surface area (Å²) >= 11 is 0. The van der Waals surface area contributed by atoms with Crippen molar-refractivity contribution in [2.24, 2.45) is 10.1 Å². The Kier molecular flexibility index (Phi) is 5.53. The van der Waals surface area contributed by atoms with Gasteiger partial charge >= 0.3 is 11.9 Å². The molecule has 0 aromatic heterocycles. The Labute approximate surface area is 180 Å². The number of fused-ring (bicyclic) bond motifs is 1. The van der Waals surface area contributed by atoms with Crippen molar-refractivity contribution in [3.8, 4) is 0 Å². The van der Waals surface area contributed by atoms with Crippen molar-refractivity contribution < 1.29 is 19.1 Å². The number of rotatable bonds is 5. The number of aliphatic imine (C=N–C) groups is 1. The number of methoxy groups -OCH3 is 1. The van der Waals surface area contributed by atoms with Gasteiger partial charge in [-0.05, 0) is 31.5 Å². The summed E-state index contributed by atoms with van der Waals surface area (Å²) < 4.78 is 10.3. The molecule has 0 saturated carbocycles. The van der Waals surface area contributed by atoms with Crippen LogP contribution in [0.1, 0.15) is 25.5 Å². The Hall–Kier alpha value is -3.94. The Morgan fingerprint density at radius 3 is 2.26 bits per heavy atom. The van der Waals surface area contributed by atoms with Gasteiger partial charge in [0.1, 0.15) is 0 Å². The smallest absolute Gasteiger partial charge is 0.376 e. The molecule has 4 rings (SSSR count). The van der Waals surface area contributed by atoms with Crippen LogP contribution < -0.4 is 5.01 Å². The molecular weight excluding hydrogens is 396 g/mol. The third kappa shape index (κ3) is 3.56. The van der Waals surface area contributed by atoms with Gasteiger partial charge in [0.05, 0.1) is 36.7 Å². The van der Waals surface area contributed by atoms with E-state index in [-0.39, 0.29) is 12.4 Å². The number of hydrogen-bond acceptors (Lipinski definition) is 8. The first-order valence-corrected chi connectivity index (χ1v) is 9.89. The highest BCUT2D eigenvalue weighted by Crippen LogP contribution is 2.40. The number of esters is 2. The number of benzene rings is 2. The van der Waals surface area contributed by atoms with E-state index in [4.69, 9.17) is 9.47 Å². The molecule has 2 aliphatic heterocycles. The second-order valence-electron chi connectivity index (χ2n) is 6.88. The van der Waals surface area contributed by atoms with Gasteiger partial charge in [-0.1, -0.05) is 48.5 Å². The molecule has 1 atom stereocenters. The zero-order valence-electron chi connectivity index (χ0n) is 17.5. The normalized spacial score (nSPS) is 17.7. The number of allylic oxidation sites excluding steroid dienone is 1. The van der Waals surface area contributed by atoms with Gasteiger partial charge in [-0.15, -0.1) is 5.10 Å². The van der Waals surface area contributed by atoms with Gasteiger partial charge in [-0.25, -0.2) is 14.6 Å². The summed E-state index contributed by atoms with van der Waals surface area (Å²) in [6, 6.07) is 18.1. The molecule has 0 saturated heterocycles. The van der Waals surface area contributed by atoms with E-state index in [0.29, 0.717) is 17.2 Å². The van der Waals surface area contributed by atoms with Crippen molar-refractivity contribution >= 4 is 29.4 Å². The number of carbonyl (C=O) groups excluding carboxylic acids is 2. The van der Waals surface area contributed by atoms with E-state index in [1.807, 2.05) is 60.7 Å².